The van der Waals surface area contributed by atoms with Crippen molar-refractivity contribution in [3.8, 4) is 5.75 Å². The fraction of sp³-hybridized carbons (Fsp3) is 0.520. The lowest BCUT2D eigenvalue weighted by Crippen LogP contribution is -2.61. The van der Waals surface area contributed by atoms with Crippen LogP contribution in [-0.4, -0.2) is 42.8 Å². The van der Waals surface area contributed by atoms with E-state index in [0.29, 0.717) is 37.2 Å². The number of carbonyl (C=O) groups is 1. The van der Waals surface area contributed by atoms with E-state index in [4.69, 9.17) is 9.47 Å². The Morgan fingerprint density at radius 1 is 1.18 bits per heavy atom. The summed E-state index contributed by atoms with van der Waals surface area (Å²) in [5, 5.41) is 2.60. The molecular formula is C25H29F2N3O3. The van der Waals surface area contributed by atoms with E-state index in [9.17, 15) is 13.6 Å². The van der Waals surface area contributed by atoms with Gasteiger partial charge in [0.15, 0.2) is 17.4 Å². The van der Waals surface area contributed by atoms with Crippen molar-refractivity contribution in [1.82, 2.24) is 4.98 Å². The fourth-order valence-corrected chi connectivity index (χ4v) is 5.05. The summed E-state index contributed by atoms with van der Waals surface area (Å²) in [4.78, 5) is 19.6. The lowest BCUT2D eigenvalue weighted by atomic mass is 9.96. The van der Waals surface area contributed by atoms with Crippen molar-refractivity contribution < 1.29 is 23.0 Å². The number of halogens is 2. The second-order valence-corrected chi connectivity index (χ2v) is 9.73. The molecule has 2 heterocycles. The number of aromatic nitrogens is 1. The predicted octanol–water partition coefficient (Wildman–Crippen LogP) is 4.58. The molecule has 33 heavy (non-hydrogen) atoms. The van der Waals surface area contributed by atoms with Crippen LogP contribution in [0.1, 0.15) is 49.2 Å². The summed E-state index contributed by atoms with van der Waals surface area (Å²) in [6.07, 6.45) is 3.37. The van der Waals surface area contributed by atoms with E-state index in [-0.39, 0.29) is 28.8 Å². The molecule has 2 aromatic rings. The van der Waals surface area contributed by atoms with Crippen LogP contribution in [0.25, 0.3) is 0 Å². The molecule has 8 heteroatoms. The van der Waals surface area contributed by atoms with Gasteiger partial charge in [-0.2, -0.15) is 0 Å². The number of rotatable bonds is 7. The standard InChI is InChI=1S/C25H29F2N3O3/c1-4-14-5-6-21(30-12-25(2,13-30)32-3)29-22(14)24(31)28-17-10-19(26)23(20(27)11-17)33-18-8-15-7-16(15)9-18/h5-6,10-11,15-16,18H,4,7-9,12-13H2,1-3H3,(H,28,31). The average Bonchev–Trinajstić information content (AvgIpc) is 3.39. The van der Waals surface area contributed by atoms with Gasteiger partial charge in [-0.05, 0) is 56.1 Å². The van der Waals surface area contributed by atoms with Crippen molar-refractivity contribution in [2.45, 2.75) is 51.2 Å². The zero-order valence-electron chi connectivity index (χ0n) is 19.2. The normalized spacial score (nSPS) is 24.8. The molecule has 0 spiro atoms. The number of amides is 1. The van der Waals surface area contributed by atoms with Gasteiger partial charge in [-0.3, -0.25) is 4.79 Å². The van der Waals surface area contributed by atoms with Gasteiger partial charge in [0.25, 0.3) is 5.91 Å². The number of fused-ring (bicyclic) bond motifs is 1. The molecule has 2 saturated carbocycles. The molecule has 1 N–H and O–H groups in total. The van der Waals surface area contributed by atoms with Crippen molar-refractivity contribution in [1.29, 1.82) is 0 Å². The van der Waals surface area contributed by atoms with Crippen LogP contribution in [0, 0.1) is 23.5 Å². The molecule has 2 aliphatic carbocycles. The molecule has 5 rings (SSSR count). The second-order valence-electron chi connectivity index (χ2n) is 9.73. The first-order chi connectivity index (χ1) is 15.8. The van der Waals surface area contributed by atoms with Crippen LogP contribution < -0.4 is 15.0 Å². The largest absolute Gasteiger partial charge is 0.484 e. The van der Waals surface area contributed by atoms with Crippen LogP contribution in [0.2, 0.25) is 0 Å². The van der Waals surface area contributed by atoms with E-state index in [1.165, 1.54) is 6.42 Å². The third-order valence-corrected chi connectivity index (χ3v) is 7.17. The quantitative estimate of drug-likeness (QED) is 0.660. The minimum atomic E-state index is -0.817. The topological polar surface area (TPSA) is 63.7 Å². The minimum Gasteiger partial charge on any atom is -0.484 e. The molecular weight excluding hydrogens is 428 g/mol. The maximum Gasteiger partial charge on any atom is 0.274 e. The van der Waals surface area contributed by atoms with Gasteiger partial charge >= 0.3 is 0 Å². The highest BCUT2D eigenvalue weighted by molar-refractivity contribution is 6.04. The van der Waals surface area contributed by atoms with Gasteiger partial charge in [-0.25, -0.2) is 13.8 Å². The Morgan fingerprint density at radius 2 is 1.85 bits per heavy atom. The van der Waals surface area contributed by atoms with Crippen molar-refractivity contribution in [2.75, 3.05) is 30.4 Å². The number of nitrogens with zero attached hydrogens (tertiary/aromatic N) is 2. The third kappa shape index (κ3) is 4.28. The molecule has 0 bridgehead atoms. The fourth-order valence-electron chi connectivity index (χ4n) is 5.05. The maximum atomic E-state index is 14.7. The number of pyridine rings is 1. The summed E-state index contributed by atoms with van der Waals surface area (Å²) < 4.78 is 40.4. The predicted molar refractivity (Wildman–Crippen MR) is 121 cm³/mol. The summed E-state index contributed by atoms with van der Waals surface area (Å²) >= 11 is 0. The molecule has 0 radical (unpaired) electrons. The zero-order valence-corrected chi connectivity index (χ0v) is 19.2. The molecule has 3 aliphatic rings. The molecule has 1 aromatic carbocycles. The van der Waals surface area contributed by atoms with Crippen LogP contribution in [0.3, 0.4) is 0 Å². The summed E-state index contributed by atoms with van der Waals surface area (Å²) in [5.74, 6) is -0.543. The number of hydrogen-bond acceptors (Lipinski definition) is 5. The number of benzene rings is 1. The van der Waals surface area contributed by atoms with E-state index >= 15 is 0 Å². The lowest BCUT2D eigenvalue weighted by Gasteiger charge is -2.47. The van der Waals surface area contributed by atoms with Crippen LogP contribution in [0.15, 0.2) is 24.3 Å². The first-order valence-corrected chi connectivity index (χ1v) is 11.6. The van der Waals surface area contributed by atoms with Gasteiger partial charge in [0.1, 0.15) is 11.5 Å². The highest BCUT2D eigenvalue weighted by Gasteiger charge is 2.47. The minimum absolute atomic E-state index is 0.0294. The molecule has 1 aromatic heterocycles. The summed E-state index contributed by atoms with van der Waals surface area (Å²) in [5.41, 5.74) is 0.798. The van der Waals surface area contributed by atoms with Crippen molar-refractivity contribution in [2.24, 2.45) is 11.8 Å². The summed E-state index contributed by atoms with van der Waals surface area (Å²) in [7, 11) is 1.68. The van der Waals surface area contributed by atoms with Gasteiger partial charge in [0, 0.05) is 38.0 Å². The monoisotopic (exact) mass is 457 g/mol. The van der Waals surface area contributed by atoms with E-state index in [0.717, 1.165) is 30.5 Å². The molecule has 2 atom stereocenters. The van der Waals surface area contributed by atoms with E-state index < -0.39 is 17.5 Å². The van der Waals surface area contributed by atoms with Gasteiger partial charge in [0.05, 0.1) is 11.7 Å². The smallest absolute Gasteiger partial charge is 0.274 e. The Labute approximate surface area is 192 Å². The Balaban J connectivity index is 1.31. The van der Waals surface area contributed by atoms with Crippen molar-refractivity contribution >= 4 is 17.4 Å². The molecule has 2 unspecified atom stereocenters. The second kappa shape index (κ2) is 8.24. The number of nitrogens with one attached hydrogen (secondary N) is 1. The van der Waals surface area contributed by atoms with Gasteiger partial charge in [0.2, 0.25) is 0 Å². The Hall–Kier alpha value is -2.74. The van der Waals surface area contributed by atoms with E-state index in [1.54, 1.807) is 7.11 Å². The van der Waals surface area contributed by atoms with Gasteiger partial charge < -0.3 is 19.7 Å². The highest BCUT2D eigenvalue weighted by Crippen LogP contribution is 2.52. The third-order valence-electron chi connectivity index (χ3n) is 7.17. The SMILES string of the molecule is CCc1ccc(N2CC(C)(OC)C2)nc1C(=O)Nc1cc(F)c(OC2CC3CC3C2)c(F)c1. The summed E-state index contributed by atoms with van der Waals surface area (Å²) in [6, 6.07) is 5.94. The number of aryl methyl sites for hydroxylation is 1. The number of anilines is 2. The maximum absolute atomic E-state index is 14.7. The zero-order chi connectivity index (χ0) is 23.3. The number of methoxy groups -OCH3 is 1. The Kier molecular flexibility index (Phi) is 5.51. The van der Waals surface area contributed by atoms with Crippen molar-refractivity contribution in [3.05, 3.63) is 47.2 Å². The highest BCUT2D eigenvalue weighted by atomic mass is 19.1. The van der Waals surface area contributed by atoms with Crippen LogP contribution in [-0.2, 0) is 11.2 Å². The molecule has 1 amide bonds. The van der Waals surface area contributed by atoms with Crippen LogP contribution in [0.4, 0.5) is 20.3 Å². The Bertz CT molecular complexity index is 1050. The van der Waals surface area contributed by atoms with Gasteiger partial charge in [-0.15, -0.1) is 0 Å². The first kappa shape index (κ1) is 22.1. The molecule has 1 saturated heterocycles. The van der Waals surface area contributed by atoms with E-state index in [1.807, 2.05) is 30.9 Å². The average molecular weight is 458 g/mol. The first-order valence-electron chi connectivity index (χ1n) is 11.6. The summed E-state index contributed by atoms with van der Waals surface area (Å²) in [6.45, 7) is 5.29. The number of carbonyl (C=O) groups excluding carboxylic acids is 1. The molecule has 1 aliphatic heterocycles. The lowest BCUT2D eigenvalue weighted by molar-refractivity contribution is -0.0171. The molecule has 176 valence electrons. The van der Waals surface area contributed by atoms with Crippen LogP contribution >= 0.6 is 0 Å². The Morgan fingerprint density at radius 3 is 2.45 bits per heavy atom. The van der Waals surface area contributed by atoms with E-state index in [2.05, 4.69) is 10.3 Å². The molecule has 6 nitrogen and oxygen atoms in total. The number of ether oxygens (including phenoxy) is 2. The van der Waals surface area contributed by atoms with Gasteiger partial charge in [-0.1, -0.05) is 13.0 Å². The number of hydrogen-bond donors (Lipinski definition) is 1. The molecule has 3 fully saturated rings. The van der Waals surface area contributed by atoms with Crippen LogP contribution in [0.5, 0.6) is 5.75 Å². The van der Waals surface area contributed by atoms with Crippen molar-refractivity contribution in [3.63, 3.8) is 0 Å².